The summed E-state index contributed by atoms with van der Waals surface area (Å²) < 4.78 is 11.4. The topological polar surface area (TPSA) is 64.6 Å². The molecule has 1 aliphatic rings. The average Bonchev–Trinajstić information content (AvgIpc) is 3.20. The highest BCUT2D eigenvalue weighted by molar-refractivity contribution is 9.10. The standard InChI is InChI=1S/C24H22BrNO4S/c1-29-24(28)22-20(17-10-9-15-5-2-3-6-16(15)11-17)14-31-23(22)26-21(27)13-30-19-8-4-7-18(25)12-19/h4,7-12,14H,2-3,5-6,13H2,1H3,(H,26,27). The first-order valence-electron chi connectivity index (χ1n) is 10.1. The van der Waals surface area contributed by atoms with Gasteiger partial charge in [-0.25, -0.2) is 4.79 Å². The Balaban J connectivity index is 1.55. The molecule has 5 nitrogen and oxygen atoms in total. The molecule has 0 unspecified atom stereocenters. The highest BCUT2D eigenvalue weighted by atomic mass is 79.9. The molecule has 160 valence electrons. The molecule has 4 rings (SSSR count). The van der Waals surface area contributed by atoms with Crippen molar-refractivity contribution in [2.24, 2.45) is 0 Å². The number of amides is 1. The molecule has 0 aliphatic heterocycles. The molecule has 0 saturated heterocycles. The number of esters is 1. The summed E-state index contributed by atoms with van der Waals surface area (Å²) in [6, 6.07) is 13.6. The number of aryl methyl sites for hydroxylation is 2. The normalized spacial score (nSPS) is 12.7. The molecular weight excluding hydrogens is 478 g/mol. The average molecular weight is 500 g/mol. The van der Waals surface area contributed by atoms with Crippen LogP contribution in [0.3, 0.4) is 0 Å². The molecule has 1 aliphatic carbocycles. The number of thiophene rings is 1. The molecule has 1 N–H and O–H groups in total. The van der Waals surface area contributed by atoms with E-state index in [0.29, 0.717) is 16.3 Å². The van der Waals surface area contributed by atoms with Crippen molar-refractivity contribution < 1.29 is 19.1 Å². The van der Waals surface area contributed by atoms with E-state index in [4.69, 9.17) is 9.47 Å². The molecule has 1 heterocycles. The van der Waals surface area contributed by atoms with Gasteiger partial charge >= 0.3 is 5.97 Å². The Bertz CT molecular complexity index is 1120. The number of halogens is 1. The van der Waals surface area contributed by atoms with Gasteiger partial charge in [0.25, 0.3) is 5.91 Å². The number of benzene rings is 2. The van der Waals surface area contributed by atoms with E-state index >= 15 is 0 Å². The fourth-order valence-electron chi connectivity index (χ4n) is 3.74. The number of anilines is 1. The van der Waals surface area contributed by atoms with Crippen molar-refractivity contribution in [1.82, 2.24) is 0 Å². The molecule has 0 fully saturated rings. The minimum atomic E-state index is -0.475. The number of methoxy groups -OCH3 is 1. The lowest BCUT2D eigenvalue weighted by atomic mass is 9.89. The third kappa shape index (κ3) is 4.99. The van der Waals surface area contributed by atoms with Crippen molar-refractivity contribution in [2.75, 3.05) is 19.0 Å². The predicted octanol–water partition coefficient (Wildman–Crippen LogP) is 5.86. The molecule has 3 aromatic rings. The molecule has 31 heavy (non-hydrogen) atoms. The third-order valence-electron chi connectivity index (χ3n) is 5.26. The van der Waals surface area contributed by atoms with Crippen molar-refractivity contribution in [3.05, 3.63) is 69.0 Å². The number of hydrogen-bond donors (Lipinski definition) is 1. The Morgan fingerprint density at radius 2 is 1.90 bits per heavy atom. The van der Waals surface area contributed by atoms with E-state index in [1.54, 1.807) is 12.1 Å². The zero-order valence-corrected chi connectivity index (χ0v) is 19.5. The van der Waals surface area contributed by atoms with E-state index in [1.165, 1.54) is 42.4 Å². The zero-order chi connectivity index (χ0) is 21.8. The smallest absolute Gasteiger partial charge is 0.341 e. The van der Waals surface area contributed by atoms with Gasteiger partial charge in [0.2, 0.25) is 0 Å². The summed E-state index contributed by atoms with van der Waals surface area (Å²) in [5, 5.41) is 5.16. The van der Waals surface area contributed by atoms with Crippen LogP contribution < -0.4 is 10.1 Å². The van der Waals surface area contributed by atoms with E-state index in [0.717, 1.165) is 28.4 Å². The van der Waals surface area contributed by atoms with Gasteiger partial charge < -0.3 is 14.8 Å². The molecule has 0 radical (unpaired) electrons. The summed E-state index contributed by atoms with van der Waals surface area (Å²) in [6.07, 6.45) is 4.55. The number of rotatable bonds is 6. The van der Waals surface area contributed by atoms with Gasteiger partial charge in [-0.15, -0.1) is 11.3 Å². The fourth-order valence-corrected chi connectivity index (χ4v) is 5.09. The lowest BCUT2D eigenvalue weighted by Gasteiger charge is -2.16. The van der Waals surface area contributed by atoms with E-state index in [2.05, 4.69) is 33.4 Å². The van der Waals surface area contributed by atoms with Crippen LogP contribution in [0.5, 0.6) is 5.75 Å². The first-order chi connectivity index (χ1) is 15.0. The minimum absolute atomic E-state index is 0.164. The van der Waals surface area contributed by atoms with E-state index in [9.17, 15) is 9.59 Å². The quantitative estimate of drug-likeness (QED) is 0.431. The number of hydrogen-bond acceptors (Lipinski definition) is 5. The van der Waals surface area contributed by atoms with Gasteiger partial charge in [-0.1, -0.05) is 40.2 Å². The molecular formula is C24H22BrNO4S. The minimum Gasteiger partial charge on any atom is -0.484 e. The van der Waals surface area contributed by atoms with Crippen LogP contribution in [0.25, 0.3) is 11.1 Å². The Kier molecular flexibility index (Phi) is 6.73. The lowest BCUT2D eigenvalue weighted by molar-refractivity contribution is -0.118. The van der Waals surface area contributed by atoms with Crippen LogP contribution in [0.2, 0.25) is 0 Å². The summed E-state index contributed by atoms with van der Waals surface area (Å²) in [5.74, 6) is -0.236. The molecule has 0 saturated carbocycles. The fraction of sp³-hybridized carbons (Fsp3) is 0.250. The van der Waals surface area contributed by atoms with Crippen LogP contribution in [0.15, 0.2) is 52.3 Å². The molecule has 1 aromatic heterocycles. The first kappa shape index (κ1) is 21.6. The van der Waals surface area contributed by atoms with Crippen molar-refractivity contribution in [1.29, 1.82) is 0 Å². The largest absolute Gasteiger partial charge is 0.484 e. The summed E-state index contributed by atoms with van der Waals surface area (Å²) in [6.45, 7) is -0.164. The molecule has 0 spiro atoms. The molecule has 0 atom stereocenters. The van der Waals surface area contributed by atoms with Crippen LogP contribution >= 0.6 is 27.3 Å². The lowest BCUT2D eigenvalue weighted by Crippen LogP contribution is -2.21. The number of ether oxygens (including phenoxy) is 2. The maximum Gasteiger partial charge on any atom is 0.341 e. The van der Waals surface area contributed by atoms with Gasteiger partial charge in [0.05, 0.1) is 7.11 Å². The summed E-state index contributed by atoms with van der Waals surface area (Å²) in [5.41, 5.74) is 4.82. The van der Waals surface area contributed by atoms with Crippen LogP contribution in [-0.4, -0.2) is 25.6 Å². The van der Waals surface area contributed by atoms with Crippen molar-refractivity contribution in [2.45, 2.75) is 25.7 Å². The molecule has 2 aromatic carbocycles. The van der Waals surface area contributed by atoms with Gasteiger partial charge in [-0.3, -0.25) is 4.79 Å². The van der Waals surface area contributed by atoms with Crippen molar-refractivity contribution in [3.63, 3.8) is 0 Å². The van der Waals surface area contributed by atoms with Gasteiger partial charge in [-0.2, -0.15) is 0 Å². The highest BCUT2D eigenvalue weighted by Crippen LogP contribution is 2.37. The Hall–Kier alpha value is -2.64. The Labute approximate surface area is 193 Å². The maximum atomic E-state index is 12.6. The summed E-state index contributed by atoms with van der Waals surface area (Å²) >= 11 is 4.68. The number of fused-ring (bicyclic) bond motifs is 1. The van der Waals surface area contributed by atoms with E-state index in [-0.39, 0.29) is 12.5 Å². The van der Waals surface area contributed by atoms with Crippen LogP contribution in [0.1, 0.15) is 34.3 Å². The van der Waals surface area contributed by atoms with Gasteiger partial charge in [0.1, 0.15) is 16.3 Å². The first-order valence-corrected chi connectivity index (χ1v) is 11.7. The maximum absolute atomic E-state index is 12.6. The zero-order valence-electron chi connectivity index (χ0n) is 17.1. The second-order valence-electron chi connectivity index (χ2n) is 7.33. The SMILES string of the molecule is COC(=O)c1c(-c2ccc3c(c2)CCCC3)csc1NC(=O)COc1cccc(Br)c1. The third-order valence-corrected chi connectivity index (χ3v) is 6.65. The number of carbonyl (C=O) groups is 2. The number of carbonyl (C=O) groups excluding carboxylic acids is 2. The Morgan fingerprint density at radius 1 is 1.10 bits per heavy atom. The highest BCUT2D eigenvalue weighted by Gasteiger charge is 2.23. The summed E-state index contributed by atoms with van der Waals surface area (Å²) in [7, 11) is 1.35. The number of nitrogens with one attached hydrogen (secondary N) is 1. The molecule has 1 amide bonds. The predicted molar refractivity (Wildman–Crippen MR) is 126 cm³/mol. The second-order valence-corrected chi connectivity index (χ2v) is 9.13. The van der Waals surface area contributed by atoms with Gasteiger partial charge in [-0.05, 0) is 60.6 Å². The van der Waals surface area contributed by atoms with Crippen LogP contribution in [0.4, 0.5) is 5.00 Å². The van der Waals surface area contributed by atoms with Gasteiger partial charge in [0.15, 0.2) is 6.61 Å². The second kappa shape index (κ2) is 9.66. The van der Waals surface area contributed by atoms with Gasteiger partial charge in [0, 0.05) is 15.4 Å². The summed E-state index contributed by atoms with van der Waals surface area (Å²) in [4.78, 5) is 25.1. The van der Waals surface area contributed by atoms with E-state index < -0.39 is 5.97 Å². The van der Waals surface area contributed by atoms with Crippen molar-refractivity contribution >= 4 is 44.1 Å². The van der Waals surface area contributed by atoms with Crippen molar-refractivity contribution in [3.8, 4) is 16.9 Å². The molecule has 0 bridgehead atoms. The van der Waals surface area contributed by atoms with E-state index in [1.807, 2.05) is 23.6 Å². The van der Waals surface area contributed by atoms with Crippen LogP contribution in [-0.2, 0) is 22.4 Å². The molecule has 7 heteroatoms. The van der Waals surface area contributed by atoms with Crippen LogP contribution in [0, 0.1) is 0 Å². The Morgan fingerprint density at radius 3 is 2.68 bits per heavy atom. The monoisotopic (exact) mass is 499 g/mol.